The molecule has 3 aromatic carbocycles. The largest absolute Gasteiger partial charge is 0.508 e. The number of hydrogen-bond acceptors (Lipinski definition) is 16. The van der Waals surface area contributed by atoms with Gasteiger partial charge in [-0.25, -0.2) is 4.79 Å². The van der Waals surface area contributed by atoms with E-state index in [4.69, 9.17) is 5.73 Å². The van der Waals surface area contributed by atoms with Crippen molar-refractivity contribution < 1.29 is 73.2 Å². The van der Waals surface area contributed by atoms with Crippen molar-refractivity contribution in [1.82, 2.24) is 47.9 Å². The van der Waals surface area contributed by atoms with Crippen LogP contribution in [0.25, 0.3) is 0 Å². The molecule has 11 atom stereocenters. The molecule has 0 heterocycles. The fourth-order valence-electron chi connectivity index (χ4n) is 8.02. The van der Waals surface area contributed by atoms with Crippen LogP contribution in [0.2, 0.25) is 0 Å². The number of phenols is 1. The summed E-state index contributed by atoms with van der Waals surface area (Å²) < 4.78 is 0. The zero-order valence-electron chi connectivity index (χ0n) is 46.3. The number of rotatable bonds is 33. The molecule has 3 aromatic rings. The Balaban J connectivity index is 1.88. The molecule has 0 aliphatic rings. The highest BCUT2D eigenvalue weighted by molar-refractivity contribution is 7.80. The number of aliphatic hydroxyl groups excluding tert-OH is 1. The summed E-state index contributed by atoms with van der Waals surface area (Å²) in [5, 5.41) is 62.5. The number of carboxylic acid groups (broad SMARTS) is 2. The molecule has 0 bridgehead atoms. The average molecular weight is 1180 g/mol. The number of nitrogens with two attached hydrogens (primary N) is 1. The minimum Gasteiger partial charge on any atom is -0.508 e. The standard InChI is InChI=1S/C55H76N10O15S2/c1-28(2)21-37(58-46(70)30(5)57-48(72)41(25-43(68)69)60-50(74)38(22-32-13-9-7-10-14-32)61-53(77)44(29(3)4)64-47(71)36(56)26-81)49(73)59-40(24-34-17-19-35(67)20-18-34)52(76)65-45(31(6)66)54(78)62-39(23-33-15-11-8-12-16-33)51(75)63-42(27-82)55(79)80/h7-20,28-31,36-42,44-45,66-67,81-82H,21-27,56H2,1-6H3,(H,57,72)(H,58,70)(H,59,73)(H,60,74)(H,61,77)(H,62,78)(H,63,75)(H,64,71)(H,65,76)(H,68,69)(H,79,80)/t30-,31+,36-,37-,38-,39-,40-,41-,42-,44-,45-/m0/s1. The lowest BCUT2D eigenvalue weighted by Gasteiger charge is -2.29. The van der Waals surface area contributed by atoms with Crippen LogP contribution >= 0.6 is 25.3 Å². The SMILES string of the molecule is CC(C)C[C@H](NC(=O)[C@H](C)NC(=O)[C@H](CC(=O)O)NC(=O)[C@H](Cc1ccccc1)NC(=O)[C@@H](NC(=O)[C@@H](N)CS)C(C)C)C(=O)N[C@@H](Cc1ccc(O)cc1)C(=O)N[C@H](C(=O)N[C@@H](Cc1ccccc1)C(=O)N[C@@H](CS)C(=O)O)[C@@H](C)O. The van der Waals surface area contributed by atoms with Crippen molar-refractivity contribution in [2.45, 2.75) is 140 Å². The predicted octanol–water partition coefficient (Wildman–Crippen LogP) is -1.37. The molecule has 27 heteroatoms. The fourth-order valence-corrected chi connectivity index (χ4v) is 8.43. The number of carboxylic acids is 2. The van der Waals surface area contributed by atoms with E-state index in [9.17, 15) is 73.2 Å². The first-order valence-electron chi connectivity index (χ1n) is 26.3. The molecule has 3 rings (SSSR count). The molecule has 15 N–H and O–H groups in total. The summed E-state index contributed by atoms with van der Waals surface area (Å²) in [6.45, 7) is 9.13. The number of benzene rings is 3. The Morgan fingerprint density at radius 2 is 0.841 bits per heavy atom. The summed E-state index contributed by atoms with van der Waals surface area (Å²) >= 11 is 8.02. The third-order valence-electron chi connectivity index (χ3n) is 12.6. The minimum atomic E-state index is -1.83. The van der Waals surface area contributed by atoms with Crippen LogP contribution < -0.4 is 53.6 Å². The number of aromatic hydroxyl groups is 1. The summed E-state index contributed by atoms with van der Waals surface area (Å²) in [6.07, 6.45) is -3.25. The molecule has 0 aliphatic carbocycles. The highest BCUT2D eigenvalue weighted by Gasteiger charge is 2.37. The van der Waals surface area contributed by atoms with Crippen LogP contribution in [0.5, 0.6) is 5.75 Å². The predicted molar refractivity (Wildman–Crippen MR) is 307 cm³/mol. The lowest BCUT2D eigenvalue weighted by molar-refractivity contribution is -0.142. The van der Waals surface area contributed by atoms with Crippen LogP contribution in [-0.4, -0.2) is 164 Å². The first kappa shape index (κ1) is 68.5. The molecule has 448 valence electrons. The van der Waals surface area contributed by atoms with Gasteiger partial charge in [0.25, 0.3) is 0 Å². The van der Waals surface area contributed by atoms with E-state index in [1.54, 1.807) is 88.4 Å². The van der Waals surface area contributed by atoms with Gasteiger partial charge in [0.05, 0.1) is 18.6 Å². The Kier molecular flexibility index (Phi) is 28.3. The number of thiol groups is 2. The van der Waals surface area contributed by atoms with Gasteiger partial charge >= 0.3 is 11.9 Å². The normalized spacial score (nSPS) is 15.2. The third kappa shape index (κ3) is 23.0. The first-order valence-corrected chi connectivity index (χ1v) is 27.6. The van der Waals surface area contributed by atoms with Crippen molar-refractivity contribution in [2.24, 2.45) is 17.6 Å². The van der Waals surface area contributed by atoms with Crippen LogP contribution in [0.1, 0.15) is 71.1 Å². The van der Waals surface area contributed by atoms with Gasteiger partial charge in [-0.05, 0) is 60.9 Å². The molecule has 0 aliphatic heterocycles. The van der Waals surface area contributed by atoms with Crippen LogP contribution in [0.15, 0.2) is 84.9 Å². The number of carbonyl (C=O) groups is 11. The molecule has 0 radical (unpaired) electrons. The molecule has 82 heavy (non-hydrogen) atoms. The Labute approximate surface area is 486 Å². The van der Waals surface area contributed by atoms with E-state index in [0.717, 1.165) is 0 Å². The lowest BCUT2D eigenvalue weighted by Crippen LogP contribution is -2.62. The van der Waals surface area contributed by atoms with Gasteiger partial charge < -0.3 is 74.0 Å². The number of nitrogens with one attached hydrogen (secondary N) is 9. The van der Waals surface area contributed by atoms with Crippen molar-refractivity contribution in [1.29, 1.82) is 0 Å². The van der Waals surface area contributed by atoms with E-state index in [1.165, 1.54) is 38.1 Å². The summed E-state index contributed by atoms with van der Waals surface area (Å²) in [4.78, 5) is 148. The molecule has 0 spiro atoms. The van der Waals surface area contributed by atoms with Crippen molar-refractivity contribution in [3.63, 3.8) is 0 Å². The zero-order chi connectivity index (χ0) is 61.4. The second-order valence-corrected chi connectivity index (χ2v) is 21.1. The van der Waals surface area contributed by atoms with Crippen molar-refractivity contribution >= 4 is 90.4 Å². The smallest absolute Gasteiger partial charge is 0.327 e. The van der Waals surface area contributed by atoms with E-state index in [-0.39, 0.29) is 48.9 Å². The Morgan fingerprint density at radius 1 is 0.451 bits per heavy atom. The van der Waals surface area contributed by atoms with Gasteiger partial charge in [-0.3, -0.25) is 47.9 Å². The summed E-state index contributed by atoms with van der Waals surface area (Å²) in [6, 6.07) is 7.67. The number of carbonyl (C=O) groups excluding carboxylic acids is 9. The van der Waals surface area contributed by atoms with Gasteiger partial charge in [0.15, 0.2) is 0 Å². The van der Waals surface area contributed by atoms with E-state index < -0.39 is 144 Å². The zero-order valence-corrected chi connectivity index (χ0v) is 48.1. The maximum atomic E-state index is 14.3. The monoisotopic (exact) mass is 1180 g/mol. The number of amides is 9. The van der Waals surface area contributed by atoms with Gasteiger partial charge in [0.2, 0.25) is 53.2 Å². The lowest BCUT2D eigenvalue weighted by atomic mass is 10.00. The van der Waals surface area contributed by atoms with Gasteiger partial charge in [0.1, 0.15) is 60.1 Å². The maximum Gasteiger partial charge on any atom is 0.327 e. The molecule has 0 saturated heterocycles. The summed E-state index contributed by atoms with van der Waals surface area (Å²) in [5.74, 6) is -12.7. The minimum absolute atomic E-state index is 0.0257. The van der Waals surface area contributed by atoms with Gasteiger partial charge in [-0.2, -0.15) is 25.3 Å². The molecule has 0 fully saturated rings. The van der Waals surface area contributed by atoms with E-state index in [2.05, 4.69) is 73.1 Å². The number of phenolic OH excluding ortho intramolecular Hbond substituents is 1. The van der Waals surface area contributed by atoms with Gasteiger partial charge in [-0.15, -0.1) is 0 Å². The third-order valence-corrected chi connectivity index (χ3v) is 13.3. The molecular formula is C55H76N10O15S2. The molecule has 0 aromatic heterocycles. The Hall–Kier alpha value is -7.75. The molecule has 25 nitrogen and oxygen atoms in total. The molecule has 0 saturated carbocycles. The topological polar surface area (TPSA) is 403 Å². The quantitative estimate of drug-likeness (QED) is 0.0313. The fraction of sp³-hybridized carbons (Fsp3) is 0.473. The summed E-state index contributed by atoms with van der Waals surface area (Å²) in [5.41, 5.74) is 7.32. The number of aliphatic carboxylic acids is 2. The molecule has 9 amide bonds. The number of hydrogen-bond donors (Lipinski definition) is 16. The average Bonchev–Trinajstić information content (AvgIpc) is 3.46. The molecular weight excluding hydrogens is 1100 g/mol. The van der Waals surface area contributed by atoms with E-state index in [1.807, 2.05) is 0 Å². The van der Waals surface area contributed by atoms with Crippen LogP contribution in [-0.2, 0) is 72.0 Å². The Bertz CT molecular complexity index is 2670. The first-order chi connectivity index (χ1) is 38.6. The maximum absolute atomic E-state index is 14.3. The van der Waals surface area contributed by atoms with Crippen molar-refractivity contribution in [3.05, 3.63) is 102 Å². The Morgan fingerprint density at radius 3 is 1.27 bits per heavy atom. The van der Waals surface area contributed by atoms with Crippen LogP contribution in [0.3, 0.4) is 0 Å². The second-order valence-electron chi connectivity index (χ2n) is 20.3. The van der Waals surface area contributed by atoms with Crippen LogP contribution in [0, 0.1) is 11.8 Å². The second kappa shape index (κ2) is 33.9. The summed E-state index contributed by atoms with van der Waals surface area (Å²) in [7, 11) is 0. The molecule has 0 unspecified atom stereocenters. The van der Waals surface area contributed by atoms with Crippen LogP contribution in [0.4, 0.5) is 0 Å². The van der Waals surface area contributed by atoms with Crippen molar-refractivity contribution in [3.8, 4) is 5.75 Å². The van der Waals surface area contributed by atoms with Gasteiger partial charge in [0, 0.05) is 30.8 Å². The van der Waals surface area contributed by atoms with Crippen molar-refractivity contribution in [2.75, 3.05) is 11.5 Å². The highest BCUT2D eigenvalue weighted by Crippen LogP contribution is 2.15. The van der Waals surface area contributed by atoms with E-state index >= 15 is 0 Å². The number of aliphatic hydroxyl groups is 1. The van der Waals surface area contributed by atoms with Gasteiger partial charge in [-0.1, -0.05) is 100 Å². The highest BCUT2D eigenvalue weighted by atomic mass is 32.1. The van der Waals surface area contributed by atoms with E-state index in [0.29, 0.717) is 16.7 Å².